The van der Waals surface area contributed by atoms with Gasteiger partial charge in [-0.2, -0.15) is 0 Å². The fraction of sp³-hybridized carbons (Fsp3) is 0.0909. The highest BCUT2D eigenvalue weighted by Crippen LogP contribution is 2.39. The Morgan fingerprint density at radius 1 is 1.10 bits per heavy atom. The second-order valence-corrected chi connectivity index (χ2v) is 9.33. The highest BCUT2D eigenvalue weighted by molar-refractivity contribution is 8.00. The fourth-order valence-corrected chi connectivity index (χ4v) is 5.38. The minimum absolute atomic E-state index is 0.334. The van der Waals surface area contributed by atoms with E-state index in [2.05, 4.69) is 58.8 Å². The smallest absolute Gasteiger partial charge is 0.345 e. The third kappa shape index (κ3) is 4.70. The van der Waals surface area contributed by atoms with Crippen molar-refractivity contribution >= 4 is 51.2 Å². The molecule has 0 aliphatic heterocycles. The summed E-state index contributed by atoms with van der Waals surface area (Å²) in [6.45, 7) is 0. The summed E-state index contributed by atoms with van der Waals surface area (Å²) < 4.78 is 0.963. The zero-order valence-corrected chi connectivity index (χ0v) is 18.0. The number of thioether (sulfide) groups is 1. The van der Waals surface area contributed by atoms with E-state index in [9.17, 15) is 9.90 Å². The molecule has 2 aromatic carbocycles. The summed E-state index contributed by atoms with van der Waals surface area (Å²) in [5.74, 6) is -0.902. The van der Waals surface area contributed by atoms with Gasteiger partial charge < -0.3 is 10.4 Å². The number of anilines is 2. The van der Waals surface area contributed by atoms with Crippen molar-refractivity contribution in [1.82, 2.24) is 4.98 Å². The Morgan fingerprint density at radius 2 is 1.83 bits per heavy atom. The fourth-order valence-electron chi connectivity index (χ4n) is 2.93. The topological polar surface area (TPSA) is 62.2 Å². The molecule has 0 aliphatic carbocycles. The molecular formula is C22H18N2O2S3. The summed E-state index contributed by atoms with van der Waals surface area (Å²) in [6, 6.07) is 20.5. The van der Waals surface area contributed by atoms with E-state index in [0.29, 0.717) is 4.88 Å². The van der Waals surface area contributed by atoms with Gasteiger partial charge in [0.15, 0.2) is 5.13 Å². The standard InChI is InChI=1S/C22H18N2O2S3/c1-27-21-17(12-19(29-21)20(25)26)18-13-28-22(24-18)23-16-9-7-15(8-10-16)11-14-5-3-2-4-6-14/h2-10,12-13H,11H2,1H3,(H,23,24)(H,25,26). The van der Waals surface area contributed by atoms with Crippen molar-refractivity contribution in [1.29, 1.82) is 0 Å². The van der Waals surface area contributed by atoms with E-state index in [1.165, 1.54) is 33.8 Å². The van der Waals surface area contributed by atoms with Crippen LogP contribution in [0.25, 0.3) is 11.3 Å². The van der Waals surface area contributed by atoms with Gasteiger partial charge in [0, 0.05) is 16.6 Å². The Balaban J connectivity index is 1.47. The lowest BCUT2D eigenvalue weighted by atomic mass is 10.1. The van der Waals surface area contributed by atoms with Crippen molar-refractivity contribution in [2.24, 2.45) is 0 Å². The van der Waals surface area contributed by atoms with Crippen molar-refractivity contribution in [3.05, 3.63) is 82.0 Å². The van der Waals surface area contributed by atoms with E-state index in [4.69, 9.17) is 0 Å². The molecule has 0 saturated carbocycles. The van der Waals surface area contributed by atoms with Crippen LogP contribution in [0, 0.1) is 0 Å². The van der Waals surface area contributed by atoms with E-state index >= 15 is 0 Å². The molecule has 4 aromatic rings. The summed E-state index contributed by atoms with van der Waals surface area (Å²) >= 11 is 4.34. The van der Waals surface area contributed by atoms with Crippen molar-refractivity contribution in [3.63, 3.8) is 0 Å². The first-order chi connectivity index (χ1) is 14.1. The number of carboxylic acid groups (broad SMARTS) is 1. The lowest BCUT2D eigenvalue weighted by Gasteiger charge is -2.05. The second-order valence-electron chi connectivity index (χ2n) is 6.34. The van der Waals surface area contributed by atoms with Crippen LogP contribution in [-0.4, -0.2) is 22.3 Å². The number of hydrogen-bond donors (Lipinski definition) is 2. The van der Waals surface area contributed by atoms with Crippen LogP contribution in [0.1, 0.15) is 20.8 Å². The van der Waals surface area contributed by atoms with E-state index in [-0.39, 0.29) is 0 Å². The third-order valence-corrected chi connectivity index (χ3v) is 7.35. The molecule has 0 radical (unpaired) electrons. The van der Waals surface area contributed by atoms with Gasteiger partial charge >= 0.3 is 5.97 Å². The predicted octanol–water partition coefficient (Wildman–Crippen LogP) is 6.63. The molecular weight excluding hydrogens is 420 g/mol. The molecule has 0 atom stereocenters. The van der Waals surface area contributed by atoms with Crippen LogP contribution in [0.15, 0.2) is 70.3 Å². The maximum absolute atomic E-state index is 11.3. The van der Waals surface area contributed by atoms with Crippen LogP contribution in [0.2, 0.25) is 0 Å². The van der Waals surface area contributed by atoms with Crippen molar-refractivity contribution < 1.29 is 9.90 Å². The summed E-state index contributed by atoms with van der Waals surface area (Å²) in [7, 11) is 0. The highest BCUT2D eigenvalue weighted by Gasteiger charge is 2.17. The number of rotatable bonds is 7. The number of carboxylic acids is 1. The van der Waals surface area contributed by atoms with Crippen molar-refractivity contribution in [3.8, 4) is 11.3 Å². The number of benzene rings is 2. The maximum Gasteiger partial charge on any atom is 0.345 e. The van der Waals surface area contributed by atoms with Gasteiger partial charge in [-0.05, 0) is 42.0 Å². The first-order valence-electron chi connectivity index (χ1n) is 8.89. The van der Waals surface area contributed by atoms with Gasteiger partial charge in [-0.15, -0.1) is 34.4 Å². The van der Waals surface area contributed by atoms with E-state index in [0.717, 1.165) is 32.7 Å². The zero-order chi connectivity index (χ0) is 20.2. The molecule has 2 aromatic heterocycles. The predicted molar refractivity (Wildman–Crippen MR) is 123 cm³/mol. The van der Waals surface area contributed by atoms with Crippen LogP contribution >= 0.6 is 34.4 Å². The van der Waals surface area contributed by atoms with Gasteiger partial charge in [0.05, 0.1) is 9.90 Å². The molecule has 4 nitrogen and oxygen atoms in total. The number of aromatic nitrogens is 1. The Morgan fingerprint density at radius 3 is 2.52 bits per heavy atom. The molecule has 0 unspecified atom stereocenters. The van der Waals surface area contributed by atoms with Crippen LogP contribution in [0.5, 0.6) is 0 Å². The molecule has 7 heteroatoms. The van der Waals surface area contributed by atoms with Gasteiger partial charge in [0.25, 0.3) is 0 Å². The number of thiazole rings is 1. The number of hydrogen-bond acceptors (Lipinski definition) is 6. The first-order valence-corrected chi connectivity index (χ1v) is 11.8. The number of carbonyl (C=O) groups is 1. The van der Waals surface area contributed by atoms with Gasteiger partial charge in [-0.1, -0.05) is 42.5 Å². The van der Waals surface area contributed by atoms with Gasteiger partial charge in [-0.25, -0.2) is 9.78 Å². The largest absolute Gasteiger partial charge is 0.477 e. The van der Waals surface area contributed by atoms with Crippen LogP contribution in [0.3, 0.4) is 0 Å². The van der Waals surface area contributed by atoms with Crippen LogP contribution in [-0.2, 0) is 6.42 Å². The first kappa shape index (κ1) is 19.7. The normalized spacial score (nSPS) is 10.8. The average Bonchev–Trinajstić information content (AvgIpc) is 3.37. The molecule has 0 saturated heterocycles. The number of thiophene rings is 1. The van der Waals surface area contributed by atoms with Gasteiger partial charge in [0.1, 0.15) is 4.88 Å². The molecule has 0 spiro atoms. The number of nitrogens with one attached hydrogen (secondary N) is 1. The molecule has 0 amide bonds. The quantitative estimate of drug-likeness (QED) is 0.317. The van der Waals surface area contributed by atoms with E-state index in [1.807, 2.05) is 17.7 Å². The third-order valence-electron chi connectivity index (χ3n) is 4.33. The second kappa shape index (κ2) is 8.82. The Hall–Kier alpha value is -2.61. The molecule has 146 valence electrons. The lowest BCUT2D eigenvalue weighted by Crippen LogP contribution is -1.92. The average molecular weight is 439 g/mol. The van der Waals surface area contributed by atoms with Crippen LogP contribution in [0.4, 0.5) is 10.8 Å². The van der Waals surface area contributed by atoms with Gasteiger partial charge in [-0.3, -0.25) is 0 Å². The van der Waals surface area contributed by atoms with E-state index < -0.39 is 5.97 Å². The Kier molecular flexibility index (Phi) is 5.99. The molecule has 29 heavy (non-hydrogen) atoms. The van der Waals surface area contributed by atoms with E-state index in [1.54, 1.807) is 17.8 Å². The van der Waals surface area contributed by atoms with Gasteiger partial charge in [0.2, 0.25) is 0 Å². The Labute approximate surface area is 181 Å². The van der Waals surface area contributed by atoms with Crippen molar-refractivity contribution in [2.75, 3.05) is 11.6 Å². The number of nitrogens with zero attached hydrogens (tertiary/aromatic N) is 1. The zero-order valence-electron chi connectivity index (χ0n) is 15.6. The summed E-state index contributed by atoms with van der Waals surface area (Å²) in [5, 5.41) is 15.3. The summed E-state index contributed by atoms with van der Waals surface area (Å²) in [4.78, 5) is 16.3. The van der Waals surface area contributed by atoms with Crippen molar-refractivity contribution in [2.45, 2.75) is 10.6 Å². The molecule has 0 bridgehead atoms. The summed E-state index contributed by atoms with van der Waals surface area (Å²) in [6.07, 6.45) is 2.85. The maximum atomic E-state index is 11.3. The minimum atomic E-state index is -0.902. The monoisotopic (exact) mass is 438 g/mol. The minimum Gasteiger partial charge on any atom is -0.477 e. The SMILES string of the molecule is CSc1sc(C(=O)O)cc1-c1csc(Nc2ccc(Cc3ccccc3)cc2)n1. The molecule has 2 heterocycles. The number of aromatic carboxylic acids is 1. The van der Waals surface area contributed by atoms with Crippen LogP contribution < -0.4 is 5.32 Å². The lowest BCUT2D eigenvalue weighted by molar-refractivity contribution is 0.0702. The Bertz CT molecular complexity index is 1120. The molecule has 0 fully saturated rings. The molecule has 2 N–H and O–H groups in total. The molecule has 0 aliphatic rings. The highest BCUT2D eigenvalue weighted by atomic mass is 32.2. The summed E-state index contributed by atoms with van der Waals surface area (Å²) in [5.41, 5.74) is 5.20. The molecule has 4 rings (SSSR count).